The lowest BCUT2D eigenvalue weighted by atomic mass is 10.2. The summed E-state index contributed by atoms with van der Waals surface area (Å²) in [5.41, 5.74) is 0. The SMILES string of the molecule is CCCCCCOS(=O)(=O)c1ncc[nH]1. The number of hydrogen-bond donors (Lipinski definition) is 1. The predicted molar refractivity (Wildman–Crippen MR) is 55.9 cm³/mol. The van der Waals surface area contributed by atoms with Gasteiger partial charge in [-0.2, -0.15) is 8.42 Å². The monoisotopic (exact) mass is 232 g/mol. The summed E-state index contributed by atoms with van der Waals surface area (Å²) in [6.45, 7) is 2.32. The van der Waals surface area contributed by atoms with Crippen LogP contribution >= 0.6 is 0 Å². The largest absolute Gasteiger partial charge is 0.334 e. The van der Waals surface area contributed by atoms with Gasteiger partial charge in [-0.25, -0.2) is 4.98 Å². The minimum absolute atomic E-state index is 0.127. The van der Waals surface area contributed by atoms with Crippen LogP contribution in [0.5, 0.6) is 0 Å². The predicted octanol–water partition coefficient (Wildman–Crippen LogP) is 1.70. The van der Waals surface area contributed by atoms with E-state index in [1.54, 1.807) is 0 Å². The second-order valence-corrected chi connectivity index (χ2v) is 4.76. The molecule has 0 unspecified atom stereocenters. The van der Waals surface area contributed by atoms with Crippen molar-refractivity contribution < 1.29 is 12.6 Å². The Hall–Kier alpha value is -0.880. The Morgan fingerprint density at radius 1 is 1.40 bits per heavy atom. The molecule has 0 fully saturated rings. The molecule has 0 bridgehead atoms. The number of unbranched alkanes of at least 4 members (excludes halogenated alkanes) is 3. The van der Waals surface area contributed by atoms with Crippen LogP contribution in [0.25, 0.3) is 0 Å². The van der Waals surface area contributed by atoms with Gasteiger partial charge in [-0.1, -0.05) is 26.2 Å². The zero-order chi connectivity index (χ0) is 11.1. The molecule has 1 N–H and O–H groups in total. The minimum atomic E-state index is -3.67. The average Bonchev–Trinajstić information content (AvgIpc) is 2.70. The van der Waals surface area contributed by atoms with Gasteiger partial charge >= 0.3 is 10.1 Å². The number of aromatic amines is 1. The van der Waals surface area contributed by atoms with E-state index in [0.29, 0.717) is 0 Å². The van der Waals surface area contributed by atoms with Crippen molar-refractivity contribution in [3.63, 3.8) is 0 Å². The molecule has 0 amide bonds. The Balaban J connectivity index is 2.32. The Bertz CT molecular complexity index is 359. The van der Waals surface area contributed by atoms with E-state index >= 15 is 0 Å². The molecular formula is C9H16N2O3S. The van der Waals surface area contributed by atoms with Gasteiger partial charge in [-0.3, -0.25) is 4.18 Å². The maximum absolute atomic E-state index is 11.4. The van der Waals surface area contributed by atoms with E-state index < -0.39 is 10.1 Å². The molecule has 0 aromatic carbocycles. The van der Waals surface area contributed by atoms with E-state index in [4.69, 9.17) is 4.18 Å². The first-order valence-corrected chi connectivity index (χ1v) is 6.46. The molecule has 1 aromatic rings. The Labute approximate surface area is 90.0 Å². The molecule has 0 aliphatic rings. The van der Waals surface area contributed by atoms with Crippen LogP contribution in [0.3, 0.4) is 0 Å². The van der Waals surface area contributed by atoms with Crippen LogP contribution in [-0.4, -0.2) is 25.0 Å². The van der Waals surface area contributed by atoms with Crippen molar-refractivity contribution in [1.29, 1.82) is 0 Å². The lowest BCUT2D eigenvalue weighted by molar-refractivity contribution is 0.304. The van der Waals surface area contributed by atoms with E-state index in [0.717, 1.165) is 25.7 Å². The zero-order valence-corrected chi connectivity index (χ0v) is 9.59. The van der Waals surface area contributed by atoms with Crippen molar-refractivity contribution in [1.82, 2.24) is 9.97 Å². The van der Waals surface area contributed by atoms with E-state index in [1.165, 1.54) is 12.4 Å². The van der Waals surface area contributed by atoms with E-state index in [2.05, 4.69) is 16.9 Å². The zero-order valence-electron chi connectivity index (χ0n) is 8.77. The van der Waals surface area contributed by atoms with Crippen LogP contribution in [-0.2, 0) is 14.3 Å². The molecule has 0 saturated heterocycles. The highest BCUT2D eigenvalue weighted by Crippen LogP contribution is 2.07. The van der Waals surface area contributed by atoms with Gasteiger partial charge in [0.25, 0.3) is 5.16 Å². The van der Waals surface area contributed by atoms with Crippen molar-refractivity contribution in [2.75, 3.05) is 6.61 Å². The molecule has 1 aromatic heterocycles. The van der Waals surface area contributed by atoms with Gasteiger partial charge in [0.1, 0.15) is 0 Å². The maximum Gasteiger partial charge on any atom is 0.331 e. The highest BCUT2D eigenvalue weighted by molar-refractivity contribution is 7.86. The fourth-order valence-corrected chi connectivity index (χ4v) is 1.99. The lowest BCUT2D eigenvalue weighted by Gasteiger charge is -2.02. The summed E-state index contributed by atoms with van der Waals surface area (Å²) in [4.78, 5) is 6.14. The average molecular weight is 232 g/mol. The second kappa shape index (κ2) is 5.87. The van der Waals surface area contributed by atoms with Crippen molar-refractivity contribution in [3.8, 4) is 0 Å². The van der Waals surface area contributed by atoms with Gasteiger partial charge in [0.05, 0.1) is 6.61 Å². The van der Waals surface area contributed by atoms with Gasteiger partial charge in [0.2, 0.25) is 0 Å². The fraction of sp³-hybridized carbons (Fsp3) is 0.667. The molecule has 0 aliphatic heterocycles. The van der Waals surface area contributed by atoms with Crippen LogP contribution < -0.4 is 0 Å². The van der Waals surface area contributed by atoms with Crippen molar-refractivity contribution in [2.24, 2.45) is 0 Å². The third-order valence-electron chi connectivity index (χ3n) is 1.95. The number of imidazole rings is 1. The maximum atomic E-state index is 11.4. The lowest BCUT2D eigenvalue weighted by Crippen LogP contribution is -2.09. The summed E-state index contributed by atoms with van der Waals surface area (Å²) >= 11 is 0. The van der Waals surface area contributed by atoms with Crippen molar-refractivity contribution >= 4 is 10.1 Å². The van der Waals surface area contributed by atoms with Gasteiger partial charge in [-0.05, 0) is 6.42 Å². The molecule has 0 atom stereocenters. The second-order valence-electron chi connectivity index (χ2n) is 3.23. The van der Waals surface area contributed by atoms with Gasteiger partial charge in [0, 0.05) is 12.4 Å². The minimum Gasteiger partial charge on any atom is -0.334 e. The molecule has 5 nitrogen and oxygen atoms in total. The van der Waals surface area contributed by atoms with Gasteiger partial charge < -0.3 is 4.98 Å². The number of hydrogen-bond acceptors (Lipinski definition) is 4. The molecule has 6 heteroatoms. The summed E-state index contributed by atoms with van der Waals surface area (Å²) in [5, 5.41) is -0.127. The molecule has 1 heterocycles. The quantitative estimate of drug-likeness (QED) is 0.573. The van der Waals surface area contributed by atoms with E-state index in [9.17, 15) is 8.42 Å². The normalized spacial score (nSPS) is 11.8. The van der Waals surface area contributed by atoms with Crippen LogP contribution in [0, 0.1) is 0 Å². The van der Waals surface area contributed by atoms with Crippen LogP contribution in [0.15, 0.2) is 17.6 Å². The first-order valence-electron chi connectivity index (χ1n) is 5.05. The standard InChI is InChI=1S/C9H16N2O3S/c1-2-3-4-5-8-14-15(12,13)9-10-6-7-11-9/h6-7H,2-5,8H2,1H3,(H,10,11). The molecule has 1 rings (SSSR count). The Kier molecular flexibility index (Phi) is 4.77. The first-order chi connectivity index (χ1) is 7.17. The highest BCUT2D eigenvalue weighted by Gasteiger charge is 2.16. The van der Waals surface area contributed by atoms with Crippen LogP contribution in [0.2, 0.25) is 0 Å². The molecule has 15 heavy (non-hydrogen) atoms. The van der Waals surface area contributed by atoms with Gasteiger partial charge in [0.15, 0.2) is 0 Å². The van der Waals surface area contributed by atoms with Crippen LogP contribution in [0.1, 0.15) is 32.6 Å². The van der Waals surface area contributed by atoms with Crippen molar-refractivity contribution in [3.05, 3.63) is 12.4 Å². The smallest absolute Gasteiger partial charge is 0.331 e. The third kappa shape index (κ3) is 4.01. The molecule has 0 spiro atoms. The van der Waals surface area contributed by atoms with Crippen LogP contribution in [0.4, 0.5) is 0 Å². The highest BCUT2D eigenvalue weighted by atomic mass is 32.2. The number of nitrogens with zero attached hydrogens (tertiary/aromatic N) is 1. The summed E-state index contributed by atoms with van der Waals surface area (Å²) in [5.74, 6) is 0. The van der Waals surface area contributed by atoms with E-state index in [-0.39, 0.29) is 11.8 Å². The number of nitrogens with one attached hydrogen (secondary N) is 1. The summed E-state index contributed by atoms with van der Waals surface area (Å²) in [6, 6.07) is 0. The summed E-state index contributed by atoms with van der Waals surface area (Å²) in [7, 11) is -3.67. The number of H-pyrrole nitrogens is 1. The molecule has 0 radical (unpaired) electrons. The Morgan fingerprint density at radius 3 is 2.80 bits per heavy atom. The molecule has 0 saturated carbocycles. The fourth-order valence-electron chi connectivity index (χ4n) is 1.14. The summed E-state index contributed by atoms with van der Waals surface area (Å²) in [6.07, 6.45) is 6.80. The first kappa shape index (κ1) is 12.2. The third-order valence-corrected chi connectivity index (χ3v) is 3.12. The van der Waals surface area contributed by atoms with Gasteiger partial charge in [-0.15, -0.1) is 0 Å². The van der Waals surface area contributed by atoms with E-state index in [1.807, 2.05) is 0 Å². The number of aromatic nitrogens is 2. The summed E-state index contributed by atoms with van der Waals surface area (Å²) < 4.78 is 27.6. The molecule has 0 aliphatic carbocycles. The Morgan fingerprint density at radius 2 is 2.20 bits per heavy atom. The number of rotatable bonds is 7. The molecular weight excluding hydrogens is 216 g/mol. The van der Waals surface area contributed by atoms with Crippen molar-refractivity contribution in [2.45, 2.75) is 37.8 Å². The topological polar surface area (TPSA) is 72.1 Å². The molecule has 86 valence electrons.